The molecule has 2 aliphatic rings. The Morgan fingerprint density at radius 1 is 0.682 bits per heavy atom. The van der Waals surface area contributed by atoms with Crippen LogP contribution in [0, 0.1) is 0 Å². The lowest BCUT2D eigenvalue weighted by molar-refractivity contribution is 0.155. The van der Waals surface area contributed by atoms with Crippen LogP contribution in [0.5, 0.6) is 11.5 Å². The Kier molecular flexibility index (Phi) is 2.54. The fourth-order valence-electron chi connectivity index (χ4n) is 3.13. The van der Waals surface area contributed by atoms with Crippen LogP contribution in [0.3, 0.4) is 0 Å². The van der Waals surface area contributed by atoms with Crippen LogP contribution in [0.15, 0.2) is 36.4 Å². The van der Waals surface area contributed by atoms with Crippen LogP contribution in [0.4, 0.5) is 0 Å². The molecule has 0 saturated carbocycles. The molecular formula is C20H20O2. The zero-order valence-corrected chi connectivity index (χ0v) is 13.4. The highest BCUT2D eigenvalue weighted by molar-refractivity contribution is 6.01. The Hall–Kier alpha value is -2.22. The van der Waals surface area contributed by atoms with E-state index >= 15 is 0 Å². The summed E-state index contributed by atoms with van der Waals surface area (Å²) in [6.07, 6.45) is 8.54. The lowest BCUT2D eigenvalue weighted by Gasteiger charge is -2.34. The normalized spacial score (nSPS) is 20.0. The second kappa shape index (κ2) is 4.16. The summed E-state index contributed by atoms with van der Waals surface area (Å²) in [5, 5.41) is 2.22. The first-order chi connectivity index (χ1) is 10.4. The summed E-state index contributed by atoms with van der Waals surface area (Å²) < 4.78 is 12.5. The van der Waals surface area contributed by atoms with Gasteiger partial charge in [-0.05, 0) is 39.8 Å². The number of hydrogen-bond acceptors (Lipinski definition) is 2. The Bertz CT molecular complexity index is 768. The van der Waals surface area contributed by atoms with Crippen molar-refractivity contribution in [3.05, 3.63) is 47.5 Å². The van der Waals surface area contributed by atoms with E-state index in [4.69, 9.17) is 9.47 Å². The zero-order valence-electron chi connectivity index (χ0n) is 13.4. The summed E-state index contributed by atoms with van der Waals surface area (Å²) in [6, 6.07) is 8.32. The van der Waals surface area contributed by atoms with E-state index in [1.165, 1.54) is 0 Å². The standard InChI is InChI=1S/C20H20O2/c1-19(2)11-9-15-16-10-12-20(3,4)22-18(16)14-8-6-5-7-13(14)17(15)21-19/h5-12H,1-4H3. The number of ether oxygens (including phenoxy) is 2. The number of fused-ring (bicyclic) bond motifs is 6. The molecule has 0 fully saturated rings. The molecule has 0 bridgehead atoms. The molecule has 0 aliphatic carbocycles. The molecule has 0 radical (unpaired) electrons. The molecule has 2 aromatic rings. The van der Waals surface area contributed by atoms with Crippen LogP contribution < -0.4 is 9.47 Å². The van der Waals surface area contributed by atoms with E-state index in [0.717, 1.165) is 33.4 Å². The Morgan fingerprint density at radius 2 is 1.09 bits per heavy atom. The predicted molar refractivity (Wildman–Crippen MR) is 91.4 cm³/mol. The molecule has 0 spiro atoms. The van der Waals surface area contributed by atoms with Gasteiger partial charge in [0, 0.05) is 21.9 Å². The van der Waals surface area contributed by atoms with Gasteiger partial charge in [-0.25, -0.2) is 0 Å². The van der Waals surface area contributed by atoms with Gasteiger partial charge in [0.05, 0.1) is 0 Å². The molecule has 0 N–H and O–H groups in total. The van der Waals surface area contributed by atoms with Gasteiger partial charge in [0.15, 0.2) is 0 Å². The minimum absolute atomic E-state index is 0.289. The van der Waals surface area contributed by atoms with Gasteiger partial charge < -0.3 is 9.47 Å². The minimum Gasteiger partial charge on any atom is -0.482 e. The summed E-state index contributed by atoms with van der Waals surface area (Å²) in [4.78, 5) is 0. The van der Waals surface area contributed by atoms with Gasteiger partial charge >= 0.3 is 0 Å². The smallest absolute Gasteiger partial charge is 0.136 e. The molecule has 2 nitrogen and oxygen atoms in total. The molecular weight excluding hydrogens is 272 g/mol. The van der Waals surface area contributed by atoms with E-state index in [9.17, 15) is 0 Å². The monoisotopic (exact) mass is 292 g/mol. The van der Waals surface area contributed by atoms with Gasteiger partial charge in [-0.1, -0.05) is 36.4 Å². The van der Waals surface area contributed by atoms with E-state index < -0.39 is 0 Å². The van der Waals surface area contributed by atoms with E-state index in [1.807, 2.05) is 12.1 Å². The summed E-state index contributed by atoms with van der Waals surface area (Å²) >= 11 is 0. The predicted octanol–water partition coefficient (Wildman–Crippen LogP) is 5.21. The molecule has 0 unspecified atom stereocenters. The van der Waals surface area contributed by atoms with Crippen molar-refractivity contribution in [2.75, 3.05) is 0 Å². The molecule has 2 aliphatic heterocycles. The average molecular weight is 292 g/mol. The van der Waals surface area contributed by atoms with Crippen LogP contribution in [-0.2, 0) is 0 Å². The Labute approximate surface area is 131 Å². The quantitative estimate of drug-likeness (QED) is 0.663. The maximum absolute atomic E-state index is 6.27. The molecule has 0 aromatic heterocycles. The Morgan fingerprint density at radius 3 is 1.50 bits per heavy atom. The topological polar surface area (TPSA) is 18.5 Å². The van der Waals surface area contributed by atoms with Gasteiger partial charge in [-0.15, -0.1) is 0 Å². The number of hydrogen-bond donors (Lipinski definition) is 0. The second-order valence-corrected chi connectivity index (χ2v) is 7.11. The van der Waals surface area contributed by atoms with E-state index in [0.29, 0.717) is 0 Å². The SMILES string of the molecule is CC1(C)C=Cc2c3c(c4ccccc4c2O1)OC(C)(C)C=C3. The lowest BCUT2D eigenvalue weighted by atomic mass is 9.90. The van der Waals surface area contributed by atoms with Crippen LogP contribution >= 0.6 is 0 Å². The van der Waals surface area contributed by atoms with Gasteiger partial charge in [0.2, 0.25) is 0 Å². The highest BCUT2D eigenvalue weighted by atomic mass is 16.5. The van der Waals surface area contributed by atoms with Crippen molar-refractivity contribution in [1.29, 1.82) is 0 Å². The Balaban J connectivity index is 2.10. The highest BCUT2D eigenvalue weighted by Gasteiger charge is 2.31. The van der Waals surface area contributed by atoms with Crippen molar-refractivity contribution < 1.29 is 9.47 Å². The average Bonchev–Trinajstić information content (AvgIpc) is 2.46. The third-order valence-corrected chi connectivity index (χ3v) is 4.23. The summed E-state index contributed by atoms with van der Waals surface area (Å²) in [5.41, 5.74) is 1.64. The third kappa shape index (κ3) is 1.94. The summed E-state index contributed by atoms with van der Waals surface area (Å²) in [6.45, 7) is 8.32. The molecule has 22 heavy (non-hydrogen) atoms. The van der Waals surface area contributed by atoms with E-state index in [1.54, 1.807) is 0 Å². The maximum Gasteiger partial charge on any atom is 0.136 e. The van der Waals surface area contributed by atoms with Crippen molar-refractivity contribution >= 4 is 22.9 Å². The molecule has 112 valence electrons. The van der Waals surface area contributed by atoms with E-state index in [-0.39, 0.29) is 11.2 Å². The van der Waals surface area contributed by atoms with Crippen LogP contribution in [0.1, 0.15) is 38.8 Å². The van der Waals surface area contributed by atoms with Gasteiger partial charge in [-0.2, -0.15) is 0 Å². The van der Waals surface area contributed by atoms with Crippen molar-refractivity contribution in [1.82, 2.24) is 0 Å². The summed E-state index contributed by atoms with van der Waals surface area (Å²) in [7, 11) is 0. The molecule has 2 aromatic carbocycles. The highest BCUT2D eigenvalue weighted by Crippen LogP contribution is 2.48. The zero-order chi connectivity index (χ0) is 15.5. The molecule has 0 amide bonds. The van der Waals surface area contributed by atoms with Gasteiger partial charge in [0.25, 0.3) is 0 Å². The van der Waals surface area contributed by atoms with Crippen molar-refractivity contribution in [2.24, 2.45) is 0 Å². The van der Waals surface area contributed by atoms with Crippen molar-refractivity contribution in [3.8, 4) is 11.5 Å². The first-order valence-corrected chi connectivity index (χ1v) is 7.72. The maximum atomic E-state index is 6.27. The van der Waals surface area contributed by atoms with Crippen LogP contribution in [0.2, 0.25) is 0 Å². The fourth-order valence-corrected chi connectivity index (χ4v) is 3.13. The lowest BCUT2D eigenvalue weighted by Crippen LogP contribution is -2.30. The van der Waals surface area contributed by atoms with Crippen molar-refractivity contribution in [3.63, 3.8) is 0 Å². The minimum atomic E-state index is -0.289. The number of benzene rings is 2. The second-order valence-electron chi connectivity index (χ2n) is 7.11. The fraction of sp³-hybridized carbons (Fsp3) is 0.300. The van der Waals surface area contributed by atoms with Crippen LogP contribution in [-0.4, -0.2) is 11.2 Å². The van der Waals surface area contributed by atoms with Crippen LogP contribution in [0.25, 0.3) is 22.9 Å². The van der Waals surface area contributed by atoms with Gasteiger partial charge in [0.1, 0.15) is 22.7 Å². The molecule has 4 rings (SSSR count). The molecule has 0 saturated heterocycles. The van der Waals surface area contributed by atoms with Gasteiger partial charge in [-0.3, -0.25) is 0 Å². The first-order valence-electron chi connectivity index (χ1n) is 7.72. The van der Waals surface area contributed by atoms with Crippen molar-refractivity contribution in [2.45, 2.75) is 38.9 Å². The van der Waals surface area contributed by atoms with E-state index in [2.05, 4.69) is 64.1 Å². The first kappa shape index (κ1) is 13.4. The molecule has 2 heteroatoms. The number of rotatable bonds is 0. The molecule has 2 heterocycles. The third-order valence-electron chi connectivity index (χ3n) is 4.23. The summed E-state index contributed by atoms with van der Waals surface area (Å²) in [5.74, 6) is 1.91. The largest absolute Gasteiger partial charge is 0.482 e. The molecule has 0 atom stereocenters.